The molecular weight excluding hydrogens is 436 g/mol. The molecule has 2 aromatic carbocycles. The first-order valence-corrected chi connectivity index (χ1v) is 10.8. The molecule has 34 heavy (non-hydrogen) atoms. The van der Waals surface area contributed by atoms with Crippen LogP contribution in [0.15, 0.2) is 54.6 Å². The highest BCUT2D eigenvalue weighted by atomic mass is 16.5. The van der Waals surface area contributed by atoms with Crippen molar-refractivity contribution in [1.29, 1.82) is 0 Å². The number of ketones is 1. The maximum atomic E-state index is 13.2. The van der Waals surface area contributed by atoms with Crippen LogP contribution in [0.25, 0.3) is 6.08 Å². The number of carbonyl (C=O) groups is 1. The zero-order chi connectivity index (χ0) is 23.7. The van der Waals surface area contributed by atoms with E-state index in [0.29, 0.717) is 53.9 Å². The molecular formula is C26H24N2O6. The summed E-state index contributed by atoms with van der Waals surface area (Å²) in [6, 6.07) is 11.0. The standard InChI is InChI=1S/C26H24N2O6/c1-30-21-12-23(32-3)22(31-2)10-17(21)11-24-25(29)18-4-5-20-19(26(18)34-24)14-28(15-33-20)13-16-6-8-27-9-7-16/h4-12H,13-15H2,1-3H3/b24-11-. The molecule has 0 amide bonds. The van der Waals surface area contributed by atoms with Gasteiger partial charge in [0.15, 0.2) is 17.3 Å². The highest BCUT2D eigenvalue weighted by molar-refractivity contribution is 6.15. The lowest BCUT2D eigenvalue weighted by atomic mass is 10.0. The Morgan fingerprint density at radius 1 is 1.00 bits per heavy atom. The SMILES string of the molecule is COc1cc(OC)c(OC)cc1/C=C1\Oc2c(ccc3c2CN(Cc2ccncc2)CO3)C1=O. The van der Waals surface area contributed by atoms with Crippen LogP contribution < -0.4 is 23.7 Å². The van der Waals surface area contributed by atoms with Crippen molar-refractivity contribution in [2.24, 2.45) is 0 Å². The van der Waals surface area contributed by atoms with Crippen LogP contribution in [0.2, 0.25) is 0 Å². The van der Waals surface area contributed by atoms with Gasteiger partial charge < -0.3 is 23.7 Å². The summed E-state index contributed by atoms with van der Waals surface area (Å²) in [7, 11) is 4.66. The van der Waals surface area contributed by atoms with Crippen LogP contribution in [-0.4, -0.2) is 43.7 Å². The van der Waals surface area contributed by atoms with E-state index in [1.165, 1.54) is 0 Å². The van der Waals surface area contributed by atoms with Crippen molar-refractivity contribution in [2.45, 2.75) is 13.1 Å². The Balaban J connectivity index is 1.46. The molecule has 0 spiro atoms. The van der Waals surface area contributed by atoms with Gasteiger partial charge in [0.05, 0.1) is 32.5 Å². The van der Waals surface area contributed by atoms with Crippen molar-refractivity contribution in [3.8, 4) is 28.7 Å². The third-order valence-corrected chi connectivity index (χ3v) is 5.86. The molecule has 0 radical (unpaired) electrons. The van der Waals surface area contributed by atoms with Gasteiger partial charge in [-0.1, -0.05) is 0 Å². The van der Waals surface area contributed by atoms with Gasteiger partial charge in [-0.25, -0.2) is 0 Å². The minimum atomic E-state index is -0.194. The predicted octanol–water partition coefficient (Wildman–Crippen LogP) is 4.08. The van der Waals surface area contributed by atoms with Crippen molar-refractivity contribution >= 4 is 11.9 Å². The number of methoxy groups -OCH3 is 3. The summed E-state index contributed by atoms with van der Waals surface area (Å²) in [6.45, 7) is 1.75. The number of nitrogens with zero attached hydrogens (tertiary/aromatic N) is 2. The average Bonchev–Trinajstić information content (AvgIpc) is 3.19. The summed E-state index contributed by atoms with van der Waals surface area (Å²) in [5.41, 5.74) is 3.14. The lowest BCUT2D eigenvalue weighted by molar-refractivity contribution is 0.0872. The number of hydrogen-bond donors (Lipinski definition) is 0. The predicted molar refractivity (Wildman–Crippen MR) is 124 cm³/mol. The molecule has 2 aliphatic heterocycles. The number of aromatic nitrogens is 1. The van der Waals surface area contributed by atoms with Gasteiger partial charge in [-0.05, 0) is 42.0 Å². The van der Waals surface area contributed by atoms with Crippen molar-refractivity contribution in [1.82, 2.24) is 9.88 Å². The van der Waals surface area contributed by atoms with Crippen LogP contribution in [-0.2, 0) is 13.1 Å². The number of fused-ring (bicyclic) bond motifs is 3. The van der Waals surface area contributed by atoms with E-state index >= 15 is 0 Å². The average molecular weight is 460 g/mol. The monoisotopic (exact) mass is 460 g/mol. The summed E-state index contributed by atoms with van der Waals surface area (Å²) in [6.07, 6.45) is 5.20. The molecule has 3 aromatic rings. The van der Waals surface area contributed by atoms with Gasteiger partial charge in [0.25, 0.3) is 0 Å². The van der Waals surface area contributed by atoms with Crippen LogP contribution in [0.4, 0.5) is 0 Å². The van der Waals surface area contributed by atoms with Crippen LogP contribution in [0.5, 0.6) is 28.7 Å². The largest absolute Gasteiger partial charge is 0.496 e. The second-order valence-corrected chi connectivity index (χ2v) is 7.92. The zero-order valence-corrected chi connectivity index (χ0v) is 19.2. The molecule has 0 saturated heterocycles. The van der Waals surface area contributed by atoms with Gasteiger partial charge in [-0.2, -0.15) is 0 Å². The van der Waals surface area contributed by atoms with Gasteiger partial charge in [0, 0.05) is 37.1 Å². The van der Waals surface area contributed by atoms with Crippen LogP contribution in [0, 0.1) is 0 Å². The quantitative estimate of drug-likeness (QED) is 0.510. The molecule has 0 fully saturated rings. The lowest BCUT2D eigenvalue weighted by Gasteiger charge is -2.29. The van der Waals surface area contributed by atoms with E-state index in [9.17, 15) is 4.79 Å². The van der Waals surface area contributed by atoms with Crippen molar-refractivity contribution in [2.75, 3.05) is 28.1 Å². The van der Waals surface area contributed by atoms with Crippen molar-refractivity contribution < 1.29 is 28.5 Å². The minimum Gasteiger partial charge on any atom is -0.496 e. The van der Waals surface area contributed by atoms with E-state index < -0.39 is 0 Å². The number of rotatable bonds is 6. The van der Waals surface area contributed by atoms with Crippen molar-refractivity contribution in [3.05, 3.63) is 76.8 Å². The van der Waals surface area contributed by atoms with E-state index in [-0.39, 0.29) is 11.5 Å². The molecule has 0 unspecified atom stereocenters. The van der Waals surface area contributed by atoms with Crippen molar-refractivity contribution in [3.63, 3.8) is 0 Å². The zero-order valence-electron chi connectivity index (χ0n) is 19.2. The smallest absolute Gasteiger partial charge is 0.231 e. The molecule has 1 aromatic heterocycles. The van der Waals surface area contributed by atoms with E-state index in [0.717, 1.165) is 16.9 Å². The molecule has 0 bridgehead atoms. The fourth-order valence-corrected chi connectivity index (χ4v) is 4.16. The van der Waals surface area contributed by atoms with E-state index in [4.69, 9.17) is 23.7 Å². The number of carbonyl (C=O) groups excluding carboxylic acids is 1. The third kappa shape index (κ3) is 3.92. The molecule has 2 aliphatic rings. The first-order valence-electron chi connectivity index (χ1n) is 10.8. The third-order valence-electron chi connectivity index (χ3n) is 5.86. The molecule has 5 rings (SSSR count). The Kier molecular flexibility index (Phi) is 5.81. The van der Waals surface area contributed by atoms with Crippen LogP contribution in [0.3, 0.4) is 0 Å². The van der Waals surface area contributed by atoms with Gasteiger partial charge in [0.1, 0.15) is 24.0 Å². The van der Waals surface area contributed by atoms with Gasteiger partial charge >= 0.3 is 0 Å². The highest BCUT2D eigenvalue weighted by Gasteiger charge is 2.34. The Bertz CT molecular complexity index is 1270. The molecule has 0 N–H and O–H groups in total. The van der Waals surface area contributed by atoms with E-state index in [1.54, 1.807) is 58.0 Å². The second kappa shape index (κ2) is 9.07. The minimum absolute atomic E-state index is 0.194. The second-order valence-electron chi connectivity index (χ2n) is 7.92. The normalized spacial score (nSPS) is 15.9. The molecule has 0 atom stereocenters. The Hall–Kier alpha value is -4.04. The molecule has 174 valence electrons. The highest BCUT2D eigenvalue weighted by Crippen LogP contribution is 2.43. The molecule has 8 heteroatoms. The number of Topliss-reactive ketones (excluding diaryl/α,β-unsaturated/α-hetero) is 1. The molecule has 8 nitrogen and oxygen atoms in total. The lowest BCUT2D eigenvalue weighted by Crippen LogP contribution is -2.31. The molecule has 0 aliphatic carbocycles. The number of pyridine rings is 1. The number of ether oxygens (including phenoxy) is 5. The number of benzene rings is 2. The molecule has 3 heterocycles. The van der Waals surface area contributed by atoms with Crippen LogP contribution >= 0.6 is 0 Å². The van der Waals surface area contributed by atoms with Gasteiger partial charge in [-0.3, -0.25) is 14.7 Å². The fraction of sp³-hybridized carbons (Fsp3) is 0.231. The summed E-state index contributed by atoms with van der Waals surface area (Å²) in [4.78, 5) is 19.4. The topological polar surface area (TPSA) is 79.3 Å². The summed E-state index contributed by atoms with van der Waals surface area (Å²) in [5, 5.41) is 0. The number of allylic oxidation sites excluding steroid dienone is 1. The fourth-order valence-electron chi connectivity index (χ4n) is 4.16. The maximum Gasteiger partial charge on any atom is 0.231 e. The number of hydrogen-bond acceptors (Lipinski definition) is 8. The first kappa shape index (κ1) is 21.8. The van der Waals surface area contributed by atoms with E-state index in [2.05, 4.69) is 9.88 Å². The summed E-state index contributed by atoms with van der Waals surface area (Å²) in [5.74, 6) is 2.86. The Morgan fingerprint density at radius 3 is 2.47 bits per heavy atom. The summed E-state index contributed by atoms with van der Waals surface area (Å²) >= 11 is 0. The van der Waals surface area contributed by atoms with Crippen LogP contribution in [0.1, 0.15) is 27.0 Å². The Labute approximate surface area is 197 Å². The van der Waals surface area contributed by atoms with Gasteiger partial charge in [-0.15, -0.1) is 0 Å². The van der Waals surface area contributed by atoms with E-state index in [1.807, 2.05) is 18.2 Å². The Morgan fingerprint density at radius 2 is 1.74 bits per heavy atom. The molecule has 0 saturated carbocycles. The maximum absolute atomic E-state index is 13.2. The van der Waals surface area contributed by atoms with Gasteiger partial charge in [0.2, 0.25) is 5.78 Å². The summed E-state index contributed by atoms with van der Waals surface area (Å²) < 4.78 is 28.3. The first-order chi connectivity index (χ1) is 16.6.